The third kappa shape index (κ3) is 1.73. The van der Waals surface area contributed by atoms with E-state index < -0.39 is 26.2 Å². The molecule has 2 unspecified atom stereocenters. The van der Waals surface area contributed by atoms with E-state index in [2.05, 4.69) is 10.9 Å². The summed E-state index contributed by atoms with van der Waals surface area (Å²) in [5.74, 6) is 0. The third-order valence-corrected chi connectivity index (χ3v) is 7.79. The van der Waals surface area contributed by atoms with Gasteiger partial charge >= 0.3 is 0 Å². The smallest absolute Gasteiger partial charge is 0.253 e. The molecule has 7 nitrogen and oxygen atoms in total. The molecule has 2 atom stereocenters. The number of benzene rings is 1. The van der Waals surface area contributed by atoms with E-state index in [9.17, 15) is 16.8 Å². The quantitative estimate of drug-likeness (QED) is 0.732. The third-order valence-electron chi connectivity index (χ3n) is 3.21. The molecule has 0 aromatic heterocycles. The molecule has 2 aliphatic heterocycles. The first-order chi connectivity index (χ1) is 8.85. The summed E-state index contributed by atoms with van der Waals surface area (Å²) in [6, 6.07) is 5.65. The predicted molar refractivity (Wildman–Crippen MR) is 66.8 cm³/mol. The summed E-state index contributed by atoms with van der Waals surface area (Å²) in [5.41, 5.74) is 5.54. The van der Waals surface area contributed by atoms with Gasteiger partial charge in [0.2, 0.25) is 0 Å². The number of sulfonamides is 2. The maximum atomic E-state index is 12.4. The molecule has 1 fully saturated rings. The molecule has 104 valence electrons. The highest BCUT2D eigenvalue weighted by atomic mass is 32.3. The van der Waals surface area contributed by atoms with Crippen LogP contribution < -0.4 is 10.9 Å². The highest BCUT2D eigenvalue weighted by Gasteiger charge is 2.51. The first-order valence-corrected chi connectivity index (χ1v) is 8.63. The zero-order valence-corrected chi connectivity index (χ0v) is 11.7. The van der Waals surface area contributed by atoms with Crippen LogP contribution in [0.1, 0.15) is 13.3 Å². The van der Waals surface area contributed by atoms with Gasteiger partial charge in [0.15, 0.2) is 0 Å². The fourth-order valence-electron chi connectivity index (χ4n) is 2.36. The Kier molecular flexibility index (Phi) is 2.74. The van der Waals surface area contributed by atoms with Gasteiger partial charge < -0.3 is 0 Å². The molecule has 3 rings (SSSR count). The van der Waals surface area contributed by atoms with Gasteiger partial charge in [-0.3, -0.25) is 5.43 Å². The predicted octanol–water partition coefficient (Wildman–Crippen LogP) is -0.408. The van der Waals surface area contributed by atoms with Crippen molar-refractivity contribution >= 4 is 20.0 Å². The molecule has 2 N–H and O–H groups in total. The molecular formula is C10H13N3O4S2. The van der Waals surface area contributed by atoms with Crippen LogP contribution in [0.25, 0.3) is 0 Å². The average molecular weight is 303 g/mol. The van der Waals surface area contributed by atoms with Gasteiger partial charge in [0.1, 0.15) is 16.0 Å². The molecule has 2 heterocycles. The van der Waals surface area contributed by atoms with Crippen LogP contribution in [-0.4, -0.2) is 32.8 Å². The zero-order chi connectivity index (χ0) is 13.8. The van der Waals surface area contributed by atoms with Gasteiger partial charge in [0.25, 0.3) is 20.0 Å². The minimum atomic E-state index is -4.02. The summed E-state index contributed by atoms with van der Waals surface area (Å²) in [6.45, 7) is 1.84. The fourth-order valence-corrected chi connectivity index (χ4v) is 6.99. The lowest BCUT2D eigenvalue weighted by Gasteiger charge is -2.20. The van der Waals surface area contributed by atoms with Gasteiger partial charge in [0, 0.05) is 6.04 Å². The van der Waals surface area contributed by atoms with E-state index in [0.717, 1.165) is 0 Å². The van der Waals surface area contributed by atoms with Crippen LogP contribution in [0.2, 0.25) is 0 Å². The zero-order valence-electron chi connectivity index (χ0n) is 10.1. The highest BCUT2D eigenvalue weighted by Crippen LogP contribution is 2.38. The van der Waals surface area contributed by atoms with E-state index in [-0.39, 0.29) is 15.8 Å². The van der Waals surface area contributed by atoms with Gasteiger partial charge in [-0.15, -0.1) is 0 Å². The van der Waals surface area contributed by atoms with E-state index in [1.54, 1.807) is 0 Å². The minimum Gasteiger partial charge on any atom is -0.253 e. The van der Waals surface area contributed by atoms with Gasteiger partial charge in [0.05, 0.1) is 0 Å². The first kappa shape index (κ1) is 13.0. The molecule has 0 bridgehead atoms. The van der Waals surface area contributed by atoms with Crippen molar-refractivity contribution in [1.29, 1.82) is 0 Å². The Morgan fingerprint density at radius 1 is 1.05 bits per heavy atom. The standard InChI is InChI=1S/C10H13N3O4S2/c1-7-6-10(12-11-7)13-18(14,15)8-4-2-3-5-9(8)19(13,16)17/h2-5,7,10-12H,6H2,1H3. The number of hydrogen-bond donors (Lipinski definition) is 2. The summed E-state index contributed by atoms with van der Waals surface area (Å²) < 4.78 is 50.1. The van der Waals surface area contributed by atoms with Gasteiger partial charge in [-0.05, 0) is 25.5 Å². The molecule has 0 spiro atoms. The average Bonchev–Trinajstić information content (AvgIpc) is 2.80. The summed E-state index contributed by atoms with van der Waals surface area (Å²) in [5, 5.41) is 0. The number of rotatable bonds is 1. The number of fused-ring (bicyclic) bond motifs is 1. The lowest BCUT2D eigenvalue weighted by atomic mass is 10.2. The molecule has 0 radical (unpaired) electrons. The SMILES string of the molecule is CC1CC(N2S(=O)(=O)c3ccccc3S2(=O)=O)NN1. The van der Waals surface area contributed by atoms with Gasteiger partial charge in [-0.1, -0.05) is 15.8 Å². The molecule has 1 aromatic carbocycles. The van der Waals surface area contributed by atoms with Crippen molar-refractivity contribution in [2.24, 2.45) is 0 Å². The molecule has 9 heteroatoms. The summed E-state index contributed by atoms with van der Waals surface area (Å²) in [4.78, 5) is -0.312. The monoisotopic (exact) mass is 303 g/mol. The van der Waals surface area contributed by atoms with E-state index in [4.69, 9.17) is 0 Å². The van der Waals surface area contributed by atoms with Gasteiger partial charge in [-0.2, -0.15) is 0 Å². The Labute approximate surface area is 111 Å². The molecule has 19 heavy (non-hydrogen) atoms. The van der Waals surface area contributed by atoms with E-state index in [1.165, 1.54) is 24.3 Å². The number of hydrazine groups is 1. The van der Waals surface area contributed by atoms with Crippen molar-refractivity contribution in [2.45, 2.75) is 35.3 Å². The molecule has 0 amide bonds. The lowest BCUT2D eigenvalue weighted by molar-refractivity contribution is 0.392. The van der Waals surface area contributed by atoms with Crippen molar-refractivity contribution in [3.05, 3.63) is 24.3 Å². The van der Waals surface area contributed by atoms with E-state index in [0.29, 0.717) is 10.1 Å². The van der Waals surface area contributed by atoms with Crippen LogP contribution in [0.3, 0.4) is 0 Å². The van der Waals surface area contributed by atoms with Crippen molar-refractivity contribution in [1.82, 2.24) is 14.6 Å². The number of nitrogens with zero attached hydrogens (tertiary/aromatic N) is 1. The second kappa shape index (κ2) is 4.00. The topological polar surface area (TPSA) is 95.6 Å². The fraction of sp³-hybridized carbons (Fsp3) is 0.400. The van der Waals surface area contributed by atoms with Crippen LogP contribution >= 0.6 is 0 Å². The van der Waals surface area contributed by atoms with Crippen LogP contribution in [0.4, 0.5) is 0 Å². The molecule has 1 saturated heterocycles. The largest absolute Gasteiger partial charge is 0.259 e. The van der Waals surface area contributed by atoms with Crippen molar-refractivity contribution in [2.75, 3.05) is 0 Å². The Morgan fingerprint density at radius 2 is 1.58 bits per heavy atom. The Hall–Kier alpha value is -1.00. The molecular weight excluding hydrogens is 290 g/mol. The van der Waals surface area contributed by atoms with Crippen LogP contribution in [-0.2, 0) is 20.0 Å². The number of nitrogens with one attached hydrogen (secondary N) is 2. The summed E-state index contributed by atoms with van der Waals surface area (Å²) in [6.07, 6.45) is -0.413. The molecule has 0 aliphatic carbocycles. The van der Waals surface area contributed by atoms with Crippen molar-refractivity contribution < 1.29 is 16.8 Å². The number of hydrogen-bond acceptors (Lipinski definition) is 6. The van der Waals surface area contributed by atoms with Crippen LogP contribution in [0, 0.1) is 0 Å². The first-order valence-electron chi connectivity index (χ1n) is 5.75. The van der Waals surface area contributed by atoms with Crippen LogP contribution in [0.15, 0.2) is 34.1 Å². The van der Waals surface area contributed by atoms with Gasteiger partial charge in [-0.25, -0.2) is 22.3 Å². The van der Waals surface area contributed by atoms with Crippen molar-refractivity contribution in [3.63, 3.8) is 0 Å². The normalized spacial score (nSPS) is 32.3. The van der Waals surface area contributed by atoms with Crippen molar-refractivity contribution in [3.8, 4) is 0 Å². The van der Waals surface area contributed by atoms with E-state index >= 15 is 0 Å². The maximum absolute atomic E-state index is 12.4. The van der Waals surface area contributed by atoms with E-state index in [1.807, 2.05) is 6.92 Å². The lowest BCUT2D eigenvalue weighted by Crippen LogP contribution is -2.47. The van der Waals surface area contributed by atoms with Crippen LogP contribution in [0.5, 0.6) is 0 Å². The minimum absolute atomic E-state index is 0.000822. The molecule has 2 aliphatic rings. The molecule has 1 aromatic rings. The summed E-state index contributed by atoms with van der Waals surface area (Å²) in [7, 11) is -8.04. The maximum Gasteiger partial charge on any atom is 0.259 e. The second-order valence-corrected chi connectivity index (χ2v) is 8.42. The molecule has 0 saturated carbocycles. The second-order valence-electron chi connectivity index (χ2n) is 4.62. The Balaban J connectivity index is 2.18. The Bertz CT molecular complexity index is 676. The Morgan fingerprint density at radius 3 is 2.00 bits per heavy atom. The summed E-state index contributed by atoms with van der Waals surface area (Å²) >= 11 is 0. The highest BCUT2D eigenvalue weighted by molar-refractivity contribution is 8.06.